The van der Waals surface area contributed by atoms with Crippen LogP contribution in [0.4, 0.5) is 0 Å². The standard InChI is InChI=1S/C12H12O2S/c1-3-14-12(13)10-4-5-11-9(8(10)2)6-7-15-11/h4-7H,3H2,1-2H3. The first kappa shape index (κ1) is 10.2. The van der Waals surface area contributed by atoms with Crippen LogP contribution in [0, 0.1) is 6.92 Å². The summed E-state index contributed by atoms with van der Waals surface area (Å²) in [5.41, 5.74) is 1.68. The maximum absolute atomic E-state index is 11.6. The molecule has 0 saturated heterocycles. The van der Waals surface area contributed by atoms with E-state index in [1.54, 1.807) is 11.3 Å². The number of fused-ring (bicyclic) bond motifs is 1. The molecule has 0 radical (unpaired) electrons. The van der Waals surface area contributed by atoms with E-state index in [-0.39, 0.29) is 5.97 Å². The van der Waals surface area contributed by atoms with Crippen LogP contribution >= 0.6 is 11.3 Å². The molecule has 0 aliphatic heterocycles. The summed E-state index contributed by atoms with van der Waals surface area (Å²) >= 11 is 1.68. The minimum absolute atomic E-state index is 0.233. The van der Waals surface area contributed by atoms with Crippen molar-refractivity contribution in [1.82, 2.24) is 0 Å². The normalized spacial score (nSPS) is 10.5. The minimum Gasteiger partial charge on any atom is -0.462 e. The van der Waals surface area contributed by atoms with E-state index in [1.807, 2.05) is 37.4 Å². The molecule has 0 aliphatic carbocycles. The van der Waals surface area contributed by atoms with Crippen molar-refractivity contribution in [3.05, 3.63) is 34.7 Å². The maximum Gasteiger partial charge on any atom is 0.338 e. The molecule has 1 heterocycles. The predicted molar refractivity (Wildman–Crippen MR) is 62.5 cm³/mol. The van der Waals surface area contributed by atoms with Gasteiger partial charge in [0.25, 0.3) is 0 Å². The van der Waals surface area contributed by atoms with E-state index in [0.717, 1.165) is 10.9 Å². The van der Waals surface area contributed by atoms with E-state index < -0.39 is 0 Å². The first-order valence-electron chi connectivity index (χ1n) is 4.88. The van der Waals surface area contributed by atoms with Crippen molar-refractivity contribution in [2.24, 2.45) is 0 Å². The molecule has 1 aromatic carbocycles. The van der Waals surface area contributed by atoms with Gasteiger partial charge in [-0.05, 0) is 48.4 Å². The molecule has 0 N–H and O–H groups in total. The van der Waals surface area contributed by atoms with E-state index in [1.165, 1.54) is 4.70 Å². The van der Waals surface area contributed by atoms with Crippen LogP contribution in [-0.2, 0) is 4.74 Å². The second-order valence-electron chi connectivity index (χ2n) is 3.29. The fourth-order valence-electron chi connectivity index (χ4n) is 1.62. The molecule has 1 aromatic heterocycles. The van der Waals surface area contributed by atoms with Crippen LogP contribution in [0.2, 0.25) is 0 Å². The Labute approximate surface area is 92.5 Å². The molecule has 0 amide bonds. The topological polar surface area (TPSA) is 26.3 Å². The third-order valence-electron chi connectivity index (χ3n) is 2.40. The van der Waals surface area contributed by atoms with Crippen molar-refractivity contribution in [1.29, 1.82) is 0 Å². The molecule has 0 unspecified atom stereocenters. The Morgan fingerprint density at radius 3 is 2.93 bits per heavy atom. The lowest BCUT2D eigenvalue weighted by molar-refractivity contribution is 0.0526. The number of aryl methyl sites for hydroxylation is 1. The van der Waals surface area contributed by atoms with Crippen molar-refractivity contribution in [2.75, 3.05) is 6.61 Å². The Morgan fingerprint density at radius 1 is 1.40 bits per heavy atom. The van der Waals surface area contributed by atoms with E-state index >= 15 is 0 Å². The van der Waals surface area contributed by atoms with Gasteiger partial charge in [0.2, 0.25) is 0 Å². The number of rotatable bonds is 2. The second-order valence-corrected chi connectivity index (χ2v) is 4.24. The fraction of sp³-hybridized carbons (Fsp3) is 0.250. The van der Waals surface area contributed by atoms with Gasteiger partial charge in [0.15, 0.2) is 0 Å². The first-order chi connectivity index (χ1) is 7.24. The average Bonchev–Trinajstić information content (AvgIpc) is 2.67. The molecular weight excluding hydrogens is 208 g/mol. The van der Waals surface area contributed by atoms with Gasteiger partial charge in [-0.3, -0.25) is 0 Å². The minimum atomic E-state index is -0.233. The summed E-state index contributed by atoms with van der Waals surface area (Å²) in [4.78, 5) is 11.6. The molecule has 2 nitrogen and oxygen atoms in total. The van der Waals surface area contributed by atoms with Crippen LogP contribution in [0.5, 0.6) is 0 Å². The number of benzene rings is 1. The number of esters is 1. The van der Waals surface area contributed by atoms with Gasteiger partial charge in [-0.1, -0.05) is 0 Å². The lowest BCUT2D eigenvalue weighted by Gasteiger charge is -2.05. The highest BCUT2D eigenvalue weighted by Gasteiger charge is 2.12. The van der Waals surface area contributed by atoms with Crippen molar-refractivity contribution < 1.29 is 9.53 Å². The first-order valence-corrected chi connectivity index (χ1v) is 5.76. The number of carbonyl (C=O) groups excluding carboxylic acids is 1. The zero-order chi connectivity index (χ0) is 10.8. The van der Waals surface area contributed by atoms with Crippen molar-refractivity contribution in [2.45, 2.75) is 13.8 Å². The highest BCUT2D eigenvalue weighted by molar-refractivity contribution is 7.17. The Balaban J connectivity index is 2.52. The molecule has 0 fully saturated rings. The van der Waals surface area contributed by atoms with E-state index in [4.69, 9.17) is 4.74 Å². The second kappa shape index (κ2) is 4.03. The predicted octanol–water partition coefficient (Wildman–Crippen LogP) is 3.39. The third-order valence-corrected chi connectivity index (χ3v) is 3.28. The van der Waals surface area contributed by atoms with Crippen LogP contribution in [0.15, 0.2) is 23.6 Å². The Kier molecular flexibility index (Phi) is 2.73. The van der Waals surface area contributed by atoms with Crippen molar-refractivity contribution >= 4 is 27.4 Å². The lowest BCUT2D eigenvalue weighted by Crippen LogP contribution is -2.06. The summed E-state index contributed by atoms with van der Waals surface area (Å²) in [6, 6.07) is 5.85. The van der Waals surface area contributed by atoms with Gasteiger partial charge < -0.3 is 4.74 Å². The van der Waals surface area contributed by atoms with Gasteiger partial charge in [0.05, 0.1) is 12.2 Å². The van der Waals surface area contributed by atoms with E-state index in [2.05, 4.69) is 0 Å². The van der Waals surface area contributed by atoms with E-state index in [9.17, 15) is 4.79 Å². The zero-order valence-electron chi connectivity index (χ0n) is 8.74. The smallest absolute Gasteiger partial charge is 0.338 e. The number of hydrogen-bond acceptors (Lipinski definition) is 3. The number of carbonyl (C=O) groups is 1. The lowest BCUT2D eigenvalue weighted by atomic mass is 10.1. The summed E-state index contributed by atoms with van der Waals surface area (Å²) in [5, 5.41) is 3.18. The highest BCUT2D eigenvalue weighted by Crippen LogP contribution is 2.26. The van der Waals surface area contributed by atoms with Gasteiger partial charge >= 0.3 is 5.97 Å². The molecule has 0 bridgehead atoms. The summed E-state index contributed by atoms with van der Waals surface area (Å²) in [7, 11) is 0. The van der Waals surface area contributed by atoms with Crippen LogP contribution in [-0.4, -0.2) is 12.6 Å². The molecular formula is C12H12O2S. The Bertz CT molecular complexity index is 499. The molecule has 78 valence electrons. The molecule has 3 heteroatoms. The molecule has 0 saturated carbocycles. The van der Waals surface area contributed by atoms with Crippen molar-refractivity contribution in [3.8, 4) is 0 Å². The number of hydrogen-bond donors (Lipinski definition) is 0. The van der Waals surface area contributed by atoms with Gasteiger partial charge in [-0.2, -0.15) is 0 Å². The third kappa shape index (κ3) is 1.75. The molecule has 15 heavy (non-hydrogen) atoms. The largest absolute Gasteiger partial charge is 0.462 e. The summed E-state index contributed by atoms with van der Waals surface area (Å²) in [6.45, 7) is 4.19. The summed E-state index contributed by atoms with van der Waals surface area (Å²) in [6.07, 6.45) is 0. The highest BCUT2D eigenvalue weighted by atomic mass is 32.1. The van der Waals surface area contributed by atoms with Crippen LogP contribution in [0.3, 0.4) is 0 Å². The zero-order valence-corrected chi connectivity index (χ0v) is 9.56. The summed E-state index contributed by atoms with van der Waals surface area (Å²) in [5.74, 6) is -0.233. The molecule has 2 rings (SSSR count). The molecule has 0 aliphatic rings. The molecule has 0 spiro atoms. The summed E-state index contributed by atoms with van der Waals surface area (Å²) < 4.78 is 6.21. The van der Waals surface area contributed by atoms with Gasteiger partial charge in [0, 0.05) is 4.70 Å². The number of ether oxygens (including phenoxy) is 1. The van der Waals surface area contributed by atoms with Gasteiger partial charge in [0.1, 0.15) is 0 Å². The Hall–Kier alpha value is -1.35. The number of thiophene rings is 1. The maximum atomic E-state index is 11.6. The van der Waals surface area contributed by atoms with Crippen LogP contribution < -0.4 is 0 Å². The molecule has 0 atom stereocenters. The van der Waals surface area contributed by atoms with Crippen LogP contribution in [0.1, 0.15) is 22.8 Å². The van der Waals surface area contributed by atoms with Gasteiger partial charge in [-0.15, -0.1) is 11.3 Å². The monoisotopic (exact) mass is 220 g/mol. The quantitative estimate of drug-likeness (QED) is 0.725. The Morgan fingerprint density at radius 2 is 2.20 bits per heavy atom. The van der Waals surface area contributed by atoms with Crippen molar-refractivity contribution in [3.63, 3.8) is 0 Å². The SMILES string of the molecule is CCOC(=O)c1ccc2sccc2c1C. The van der Waals surface area contributed by atoms with E-state index in [0.29, 0.717) is 12.2 Å². The average molecular weight is 220 g/mol. The fourth-order valence-corrected chi connectivity index (χ4v) is 2.46. The van der Waals surface area contributed by atoms with Crippen LogP contribution in [0.25, 0.3) is 10.1 Å². The molecule has 2 aromatic rings. The van der Waals surface area contributed by atoms with Gasteiger partial charge in [-0.25, -0.2) is 4.79 Å².